The predicted octanol–water partition coefficient (Wildman–Crippen LogP) is 2.13. The number of nitrogens with zero attached hydrogens (tertiary/aromatic N) is 4. The number of nitrogens with one attached hydrogen (secondary N) is 2. The molecule has 0 fully saturated rings. The Hall–Kier alpha value is -2.41. The van der Waals surface area contributed by atoms with E-state index in [0.717, 1.165) is 25.6 Å². The van der Waals surface area contributed by atoms with Gasteiger partial charge in [-0.05, 0) is 18.7 Å². The SMILES string of the molecule is CCN(CC)C(CNC(=NC)NCc1noc(C)n1)c1ccccc1. The summed E-state index contributed by atoms with van der Waals surface area (Å²) >= 11 is 0. The highest BCUT2D eigenvalue weighted by Crippen LogP contribution is 2.19. The lowest BCUT2D eigenvalue weighted by Gasteiger charge is -2.30. The highest BCUT2D eigenvalue weighted by atomic mass is 16.5. The topological polar surface area (TPSA) is 78.6 Å². The molecular weight excluding hydrogens is 316 g/mol. The molecule has 1 atom stereocenters. The van der Waals surface area contributed by atoms with E-state index in [9.17, 15) is 0 Å². The van der Waals surface area contributed by atoms with Crippen LogP contribution in [0.1, 0.15) is 37.2 Å². The fraction of sp³-hybridized carbons (Fsp3) is 0.500. The Morgan fingerprint density at radius 1 is 1.20 bits per heavy atom. The van der Waals surface area contributed by atoms with Crippen LogP contribution >= 0.6 is 0 Å². The van der Waals surface area contributed by atoms with Gasteiger partial charge in [-0.3, -0.25) is 9.89 Å². The Kier molecular flexibility index (Phi) is 7.40. The van der Waals surface area contributed by atoms with Crippen LogP contribution in [-0.2, 0) is 6.54 Å². The smallest absolute Gasteiger partial charge is 0.223 e. The quantitative estimate of drug-likeness (QED) is 0.564. The van der Waals surface area contributed by atoms with Crippen LogP contribution in [0.4, 0.5) is 0 Å². The van der Waals surface area contributed by atoms with Crippen LogP contribution in [0.5, 0.6) is 0 Å². The van der Waals surface area contributed by atoms with Crippen LogP contribution in [-0.4, -0.2) is 47.7 Å². The van der Waals surface area contributed by atoms with E-state index in [1.807, 2.05) is 6.07 Å². The lowest BCUT2D eigenvalue weighted by atomic mass is 10.1. The molecule has 2 rings (SSSR count). The van der Waals surface area contributed by atoms with Gasteiger partial charge in [-0.1, -0.05) is 49.3 Å². The first kappa shape index (κ1) is 18.9. The van der Waals surface area contributed by atoms with Crippen LogP contribution in [0.15, 0.2) is 39.8 Å². The van der Waals surface area contributed by atoms with Gasteiger partial charge >= 0.3 is 0 Å². The van der Waals surface area contributed by atoms with Crippen LogP contribution in [0.3, 0.4) is 0 Å². The van der Waals surface area contributed by atoms with Gasteiger partial charge in [0.15, 0.2) is 11.8 Å². The third-order valence-electron chi connectivity index (χ3n) is 4.11. The summed E-state index contributed by atoms with van der Waals surface area (Å²) in [7, 11) is 1.76. The minimum Gasteiger partial charge on any atom is -0.354 e. The van der Waals surface area contributed by atoms with E-state index in [4.69, 9.17) is 4.52 Å². The van der Waals surface area contributed by atoms with Crippen molar-refractivity contribution in [2.24, 2.45) is 4.99 Å². The minimum absolute atomic E-state index is 0.280. The van der Waals surface area contributed by atoms with Gasteiger partial charge in [-0.15, -0.1) is 0 Å². The Balaban J connectivity index is 1.97. The fourth-order valence-electron chi connectivity index (χ4n) is 2.79. The largest absolute Gasteiger partial charge is 0.354 e. The Morgan fingerprint density at radius 2 is 1.92 bits per heavy atom. The van der Waals surface area contributed by atoms with E-state index < -0.39 is 0 Å². The third-order valence-corrected chi connectivity index (χ3v) is 4.11. The second kappa shape index (κ2) is 9.78. The summed E-state index contributed by atoms with van der Waals surface area (Å²) in [6, 6.07) is 10.8. The van der Waals surface area contributed by atoms with Crippen molar-refractivity contribution in [3.8, 4) is 0 Å². The first-order valence-corrected chi connectivity index (χ1v) is 8.70. The molecule has 7 nitrogen and oxygen atoms in total. The molecule has 2 N–H and O–H groups in total. The van der Waals surface area contributed by atoms with E-state index >= 15 is 0 Å². The molecule has 0 aliphatic heterocycles. The van der Waals surface area contributed by atoms with Crippen molar-refractivity contribution in [2.45, 2.75) is 33.4 Å². The zero-order valence-corrected chi connectivity index (χ0v) is 15.5. The molecule has 0 saturated heterocycles. The fourth-order valence-corrected chi connectivity index (χ4v) is 2.79. The normalized spacial score (nSPS) is 13.1. The maximum Gasteiger partial charge on any atom is 0.223 e. The van der Waals surface area contributed by atoms with Crippen LogP contribution < -0.4 is 10.6 Å². The number of aryl methyl sites for hydroxylation is 1. The summed E-state index contributed by atoms with van der Waals surface area (Å²) in [4.78, 5) is 10.9. The number of aromatic nitrogens is 2. The second-order valence-electron chi connectivity index (χ2n) is 5.68. The molecule has 136 valence electrons. The standard InChI is InChI=1S/C18H28N6O/c1-5-24(6-2)16(15-10-8-7-9-11-15)12-20-18(19-4)21-13-17-22-14(3)25-23-17/h7-11,16H,5-6,12-13H2,1-4H3,(H2,19,20,21). The molecule has 0 bridgehead atoms. The van der Waals surface area contributed by atoms with Crippen molar-refractivity contribution in [3.63, 3.8) is 0 Å². The summed E-state index contributed by atoms with van der Waals surface area (Å²) in [5.74, 6) is 1.89. The molecule has 0 saturated carbocycles. The molecule has 7 heteroatoms. The molecule has 25 heavy (non-hydrogen) atoms. The van der Waals surface area contributed by atoms with Crippen molar-refractivity contribution in [3.05, 3.63) is 47.6 Å². The van der Waals surface area contributed by atoms with Gasteiger partial charge < -0.3 is 15.2 Å². The number of likely N-dealkylation sites (N-methyl/N-ethyl adjacent to an activating group) is 1. The van der Waals surface area contributed by atoms with Crippen molar-refractivity contribution in [1.29, 1.82) is 0 Å². The van der Waals surface area contributed by atoms with Crippen molar-refractivity contribution < 1.29 is 4.52 Å². The van der Waals surface area contributed by atoms with Gasteiger partial charge in [-0.2, -0.15) is 4.98 Å². The van der Waals surface area contributed by atoms with E-state index in [2.05, 4.69) is 68.8 Å². The molecule has 1 unspecified atom stereocenters. The number of benzene rings is 1. The molecule has 1 aromatic heterocycles. The molecule has 0 radical (unpaired) electrons. The van der Waals surface area contributed by atoms with Crippen molar-refractivity contribution >= 4 is 5.96 Å². The molecular formula is C18H28N6O. The number of rotatable bonds is 8. The Morgan fingerprint density at radius 3 is 2.48 bits per heavy atom. The summed E-state index contributed by atoms with van der Waals surface area (Å²) in [6.07, 6.45) is 0. The lowest BCUT2D eigenvalue weighted by molar-refractivity contribution is 0.219. The molecule has 0 spiro atoms. The van der Waals surface area contributed by atoms with Gasteiger partial charge in [0.05, 0.1) is 12.6 Å². The summed E-state index contributed by atoms with van der Waals surface area (Å²) in [6.45, 7) is 9.36. The van der Waals surface area contributed by atoms with Gasteiger partial charge in [-0.25, -0.2) is 0 Å². The first-order valence-electron chi connectivity index (χ1n) is 8.70. The van der Waals surface area contributed by atoms with Crippen LogP contribution in [0.25, 0.3) is 0 Å². The van der Waals surface area contributed by atoms with Gasteiger partial charge in [0.1, 0.15) is 0 Å². The molecule has 1 aromatic carbocycles. The van der Waals surface area contributed by atoms with Gasteiger partial charge in [0.2, 0.25) is 5.89 Å². The van der Waals surface area contributed by atoms with E-state index in [-0.39, 0.29) is 6.04 Å². The van der Waals surface area contributed by atoms with E-state index in [1.165, 1.54) is 5.56 Å². The second-order valence-corrected chi connectivity index (χ2v) is 5.68. The number of aliphatic imine (C=N–C) groups is 1. The van der Waals surface area contributed by atoms with Crippen LogP contribution in [0.2, 0.25) is 0 Å². The van der Waals surface area contributed by atoms with Gasteiger partial charge in [0.25, 0.3) is 0 Å². The zero-order chi connectivity index (χ0) is 18.1. The lowest BCUT2D eigenvalue weighted by Crippen LogP contribution is -2.43. The molecule has 1 heterocycles. The maximum atomic E-state index is 4.98. The predicted molar refractivity (Wildman–Crippen MR) is 99.3 cm³/mol. The van der Waals surface area contributed by atoms with Crippen molar-refractivity contribution in [2.75, 3.05) is 26.7 Å². The van der Waals surface area contributed by atoms with Gasteiger partial charge in [0, 0.05) is 20.5 Å². The highest BCUT2D eigenvalue weighted by molar-refractivity contribution is 5.79. The molecule has 2 aromatic rings. The maximum absolute atomic E-state index is 4.98. The number of hydrogen-bond donors (Lipinski definition) is 2. The number of hydrogen-bond acceptors (Lipinski definition) is 5. The highest BCUT2D eigenvalue weighted by Gasteiger charge is 2.18. The molecule has 0 aliphatic carbocycles. The average molecular weight is 344 g/mol. The van der Waals surface area contributed by atoms with Crippen molar-refractivity contribution in [1.82, 2.24) is 25.7 Å². The summed E-state index contributed by atoms with van der Waals surface area (Å²) in [5, 5.41) is 10.5. The zero-order valence-electron chi connectivity index (χ0n) is 15.5. The number of guanidine groups is 1. The minimum atomic E-state index is 0.280. The molecule has 0 aliphatic rings. The van der Waals surface area contributed by atoms with E-state index in [1.54, 1.807) is 14.0 Å². The average Bonchev–Trinajstić information content (AvgIpc) is 3.07. The van der Waals surface area contributed by atoms with Crippen LogP contribution in [0, 0.1) is 6.92 Å². The first-order chi connectivity index (χ1) is 12.2. The Bertz CT molecular complexity index is 651. The Labute approximate surface area is 149 Å². The summed E-state index contributed by atoms with van der Waals surface area (Å²) in [5.41, 5.74) is 1.29. The monoisotopic (exact) mass is 344 g/mol. The summed E-state index contributed by atoms with van der Waals surface area (Å²) < 4.78 is 4.98. The van der Waals surface area contributed by atoms with E-state index in [0.29, 0.717) is 18.3 Å². The third kappa shape index (κ3) is 5.56. The molecule has 0 amide bonds.